The normalized spacial score (nSPS) is 10.3. The fourth-order valence-corrected chi connectivity index (χ4v) is 1.48. The maximum Gasteiger partial charge on any atom is 0.101 e. The minimum Gasteiger partial charge on any atom is -0.384 e. The average Bonchev–Trinajstić information content (AvgIpc) is 2.26. The predicted molar refractivity (Wildman–Crippen MR) is 58.6 cm³/mol. The molecule has 0 amide bonds. The lowest BCUT2D eigenvalue weighted by Gasteiger charge is -2.11. The van der Waals surface area contributed by atoms with Gasteiger partial charge in [0.05, 0.1) is 12.2 Å². The second kappa shape index (κ2) is 5.47. The fraction of sp³-hybridized carbons (Fsp3) is 0.500. The van der Waals surface area contributed by atoms with Gasteiger partial charge in [-0.15, -0.1) is 0 Å². The molecule has 0 atom stereocenters. The van der Waals surface area contributed by atoms with Crippen molar-refractivity contribution in [3.05, 3.63) is 29.1 Å². The Hall–Kier alpha value is -1.40. The van der Waals surface area contributed by atoms with Crippen molar-refractivity contribution in [1.29, 1.82) is 5.26 Å². The zero-order valence-corrected chi connectivity index (χ0v) is 9.45. The molecule has 3 nitrogen and oxygen atoms in total. The van der Waals surface area contributed by atoms with Crippen molar-refractivity contribution < 1.29 is 4.74 Å². The van der Waals surface area contributed by atoms with Gasteiger partial charge in [-0.1, -0.05) is 13.8 Å². The van der Waals surface area contributed by atoms with Crippen LogP contribution in [0.2, 0.25) is 0 Å². The van der Waals surface area contributed by atoms with Crippen LogP contribution >= 0.6 is 0 Å². The molecule has 0 aromatic carbocycles. The molecular formula is C12H16N2O. The summed E-state index contributed by atoms with van der Waals surface area (Å²) in [6, 6.07) is 4.03. The van der Waals surface area contributed by atoms with E-state index in [0.29, 0.717) is 18.1 Å². The highest BCUT2D eigenvalue weighted by molar-refractivity contribution is 5.34. The molecule has 1 aromatic heterocycles. The molecule has 0 N–H and O–H groups in total. The van der Waals surface area contributed by atoms with Crippen molar-refractivity contribution in [2.24, 2.45) is 0 Å². The van der Waals surface area contributed by atoms with Gasteiger partial charge in [-0.25, -0.2) is 0 Å². The Kier molecular flexibility index (Phi) is 4.26. The molecular weight excluding hydrogens is 188 g/mol. The van der Waals surface area contributed by atoms with Crippen molar-refractivity contribution in [1.82, 2.24) is 4.98 Å². The van der Waals surface area contributed by atoms with Crippen LogP contribution in [0.25, 0.3) is 0 Å². The van der Waals surface area contributed by atoms with Crippen LogP contribution in [0.15, 0.2) is 12.3 Å². The molecule has 15 heavy (non-hydrogen) atoms. The number of rotatable bonds is 4. The summed E-state index contributed by atoms with van der Waals surface area (Å²) in [4.78, 5) is 4.31. The van der Waals surface area contributed by atoms with E-state index in [1.807, 2.05) is 6.07 Å². The first kappa shape index (κ1) is 11.7. The highest BCUT2D eigenvalue weighted by Crippen LogP contribution is 2.19. The van der Waals surface area contributed by atoms with Crippen LogP contribution in [0.3, 0.4) is 0 Å². The molecule has 3 heteroatoms. The van der Waals surface area contributed by atoms with Crippen LogP contribution < -0.4 is 0 Å². The summed E-state index contributed by atoms with van der Waals surface area (Å²) in [5.41, 5.74) is 2.80. The first-order valence-electron chi connectivity index (χ1n) is 5.07. The van der Waals surface area contributed by atoms with Gasteiger partial charge in [0.15, 0.2) is 0 Å². The van der Waals surface area contributed by atoms with Gasteiger partial charge in [0, 0.05) is 25.4 Å². The van der Waals surface area contributed by atoms with Gasteiger partial charge in [-0.05, 0) is 17.5 Å². The van der Waals surface area contributed by atoms with Crippen LogP contribution in [0.5, 0.6) is 0 Å². The molecule has 0 aliphatic carbocycles. The summed E-state index contributed by atoms with van der Waals surface area (Å²) in [7, 11) is 1.68. The van der Waals surface area contributed by atoms with Crippen LogP contribution in [-0.2, 0) is 11.2 Å². The minimum atomic E-state index is 0.387. The molecule has 1 aromatic rings. The molecule has 0 aliphatic rings. The number of aromatic nitrogens is 1. The van der Waals surface area contributed by atoms with Crippen molar-refractivity contribution >= 4 is 0 Å². The third-order valence-corrected chi connectivity index (χ3v) is 2.30. The molecule has 0 saturated heterocycles. The molecule has 1 heterocycles. The summed E-state index contributed by atoms with van der Waals surface area (Å²) in [5.74, 6) is 0.387. The van der Waals surface area contributed by atoms with E-state index in [4.69, 9.17) is 10.00 Å². The Balaban J connectivity index is 3.00. The monoisotopic (exact) mass is 204 g/mol. The second-order valence-electron chi connectivity index (χ2n) is 3.77. The first-order chi connectivity index (χ1) is 7.19. The molecule has 0 bridgehead atoms. The standard InChI is InChI=1S/C12H16N2O/c1-9(2)11-6-10(7-13)8-14-12(11)4-5-15-3/h6,8-9H,4-5H2,1-3H3. The van der Waals surface area contributed by atoms with Crippen LogP contribution in [-0.4, -0.2) is 18.7 Å². The van der Waals surface area contributed by atoms with Crippen LogP contribution in [0.4, 0.5) is 0 Å². The summed E-state index contributed by atoms with van der Waals surface area (Å²) in [6.45, 7) is 4.88. The van der Waals surface area contributed by atoms with Gasteiger partial charge < -0.3 is 4.74 Å². The zero-order chi connectivity index (χ0) is 11.3. The lowest BCUT2D eigenvalue weighted by Crippen LogP contribution is -2.04. The molecule has 0 radical (unpaired) electrons. The van der Waals surface area contributed by atoms with Crippen molar-refractivity contribution in [2.45, 2.75) is 26.2 Å². The highest BCUT2D eigenvalue weighted by Gasteiger charge is 2.08. The van der Waals surface area contributed by atoms with E-state index < -0.39 is 0 Å². The largest absolute Gasteiger partial charge is 0.384 e. The fourth-order valence-electron chi connectivity index (χ4n) is 1.48. The Labute approximate surface area is 90.7 Å². The van der Waals surface area contributed by atoms with Gasteiger partial charge in [0.1, 0.15) is 6.07 Å². The third-order valence-electron chi connectivity index (χ3n) is 2.30. The molecule has 0 unspecified atom stereocenters. The summed E-state index contributed by atoms with van der Waals surface area (Å²) >= 11 is 0. The summed E-state index contributed by atoms with van der Waals surface area (Å²) < 4.78 is 5.03. The van der Waals surface area contributed by atoms with E-state index in [9.17, 15) is 0 Å². The number of hydrogen-bond donors (Lipinski definition) is 0. The van der Waals surface area contributed by atoms with E-state index in [1.165, 1.54) is 0 Å². The topological polar surface area (TPSA) is 45.9 Å². The smallest absolute Gasteiger partial charge is 0.101 e. The maximum atomic E-state index is 8.80. The van der Waals surface area contributed by atoms with Gasteiger partial charge in [0.2, 0.25) is 0 Å². The SMILES string of the molecule is COCCc1ncc(C#N)cc1C(C)C. The van der Waals surface area contributed by atoms with E-state index in [1.54, 1.807) is 13.3 Å². The quantitative estimate of drug-likeness (QED) is 0.755. The van der Waals surface area contributed by atoms with Gasteiger partial charge >= 0.3 is 0 Å². The minimum absolute atomic E-state index is 0.387. The van der Waals surface area contributed by atoms with E-state index >= 15 is 0 Å². The van der Waals surface area contributed by atoms with Gasteiger partial charge in [-0.3, -0.25) is 4.98 Å². The van der Waals surface area contributed by atoms with E-state index in [-0.39, 0.29) is 0 Å². The molecule has 0 fully saturated rings. The number of methoxy groups -OCH3 is 1. The number of hydrogen-bond acceptors (Lipinski definition) is 3. The Bertz CT molecular complexity index is 366. The third kappa shape index (κ3) is 3.03. The van der Waals surface area contributed by atoms with E-state index in [2.05, 4.69) is 24.9 Å². The molecule has 0 saturated carbocycles. The molecule has 80 valence electrons. The number of pyridine rings is 1. The summed E-state index contributed by atoms with van der Waals surface area (Å²) in [5, 5.41) is 8.80. The summed E-state index contributed by atoms with van der Waals surface area (Å²) in [6.07, 6.45) is 2.42. The highest BCUT2D eigenvalue weighted by atomic mass is 16.5. The Morgan fingerprint density at radius 2 is 2.27 bits per heavy atom. The Morgan fingerprint density at radius 1 is 1.53 bits per heavy atom. The lowest BCUT2D eigenvalue weighted by atomic mass is 9.98. The van der Waals surface area contributed by atoms with Gasteiger partial charge in [0.25, 0.3) is 0 Å². The number of nitrogens with zero attached hydrogens (tertiary/aromatic N) is 2. The maximum absolute atomic E-state index is 8.80. The Morgan fingerprint density at radius 3 is 2.80 bits per heavy atom. The molecule has 0 aliphatic heterocycles. The van der Waals surface area contributed by atoms with Crippen LogP contribution in [0.1, 0.15) is 36.6 Å². The average molecular weight is 204 g/mol. The van der Waals surface area contributed by atoms with Crippen LogP contribution in [0, 0.1) is 11.3 Å². The van der Waals surface area contributed by atoms with Crippen molar-refractivity contribution in [3.63, 3.8) is 0 Å². The number of ether oxygens (including phenoxy) is 1. The zero-order valence-electron chi connectivity index (χ0n) is 9.45. The first-order valence-corrected chi connectivity index (χ1v) is 5.07. The predicted octanol–water partition coefficient (Wildman–Crippen LogP) is 2.27. The van der Waals surface area contributed by atoms with Crippen molar-refractivity contribution in [2.75, 3.05) is 13.7 Å². The molecule has 0 spiro atoms. The van der Waals surface area contributed by atoms with Crippen molar-refractivity contribution in [3.8, 4) is 6.07 Å². The van der Waals surface area contributed by atoms with E-state index in [0.717, 1.165) is 17.7 Å². The lowest BCUT2D eigenvalue weighted by molar-refractivity contribution is 0.201. The molecule has 1 rings (SSSR count). The second-order valence-corrected chi connectivity index (χ2v) is 3.77. The number of nitriles is 1. The van der Waals surface area contributed by atoms with Gasteiger partial charge in [-0.2, -0.15) is 5.26 Å².